The molecule has 136 valence electrons. The molecular weight excluding hydrogens is 457 g/mol. The maximum absolute atomic E-state index is 5.42. The predicted octanol–water partition coefficient (Wildman–Crippen LogP) is 2.40. The largest absolute Gasteiger partial charge is 0.378 e. The number of hydrogen-bond donors (Lipinski definition) is 3. The van der Waals surface area contributed by atoms with Crippen LogP contribution < -0.4 is 21.7 Å². The van der Waals surface area contributed by atoms with Gasteiger partial charge in [-0.05, 0) is 37.0 Å². The van der Waals surface area contributed by atoms with Crippen molar-refractivity contribution < 1.29 is 4.74 Å². The fourth-order valence-electron chi connectivity index (χ4n) is 2.19. The Labute approximate surface area is 170 Å². The van der Waals surface area contributed by atoms with Crippen molar-refractivity contribution in [3.05, 3.63) is 23.8 Å². The summed E-state index contributed by atoms with van der Waals surface area (Å²) in [6.45, 7) is 5.60. The summed E-state index contributed by atoms with van der Waals surface area (Å²) in [6.07, 6.45) is 2.03. The van der Waals surface area contributed by atoms with Gasteiger partial charge in [-0.15, -0.1) is 24.0 Å². The van der Waals surface area contributed by atoms with Gasteiger partial charge in [0.2, 0.25) is 0 Å². The van der Waals surface area contributed by atoms with Crippen LogP contribution in [0.2, 0.25) is 0 Å². The average Bonchev–Trinajstić information content (AvgIpc) is 2.54. The number of thiocarbonyl (C=S) groups is 1. The predicted molar refractivity (Wildman–Crippen MR) is 121 cm³/mol. The van der Waals surface area contributed by atoms with E-state index in [9.17, 15) is 0 Å². The molecule has 0 saturated carbocycles. The molecule has 0 spiro atoms. The summed E-state index contributed by atoms with van der Waals surface area (Å²) in [5.74, 6) is 0. The van der Waals surface area contributed by atoms with E-state index in [1.807, 2.05) is 13.3 Å². The van der Waals surface area contributed by atoms with E-state index in [0.29, 0.717) is 0 Å². The number of nitrogens with zero attached hydrogens (tertiary/aromatic N) is 2. The molecule has 0 atom stereocenters. The molecule has 2 rings (SSSR count). The van der Waals surface area contributed by atoms with Gasteiger partial charge in [0.1, 0.15) is 0 Å². The number of anilines is 2. The van der Waals surface area contributed by atoms with Crippen LogP contribution >= 0.6 is 48.0 Å². The molecule has 6 nitrogen and oxygen atoms in total. The maximum Gasteiger partial charge on any atom is 0.160 e. The molecule has 1 aliphatic rings. The van der Waals surface area contributed by atoms with Gasteiger partial charge in [0.15, 0.2) is 10.3 Å². The van der Waals surface area contributed by atoms with Crippen LogP contribution in [-0.4, -0.2) is 49.9 Å². The van der Waals surface area contributed by atoms with Crippen molar-refractivity contribution in [1.82, 2.24) is 0 Å². The van der Waals surface area contributed by atoms with Crippen molar-refractivity contribution in [3.8, 4) is 0 Å². The van der Waals surface area contributed by atoms with Gasteiger partial charge in [-0.3, -0.25) is 4.99 Å². The monoisotopic (exact) mass is 483 g/mol. The van der Waals surface area contributed by atoms with Crippen LogP contribution in [0.5, 0.6) is 0 Å². The van der Waals surface area contributed by atoms with E-state index in [-0.39, 0.29) is 29.1 Å². The Balaban J connectivity index is 0.000000954. The van der Waals surface area contributed by atoms with Crippen LogP contribution in [0, 0.1) is 6.92 Å². The lowest BCUT2D eigenvalue weighted by Crippen LogP contribution is -2.36. The van der Waals surface area contributed by atoms with E-state index >= 15 is 0 Å². The number of morpholine rings is 1. The molecular formula is C15H26IN5OS2. The van der Waals surface area contributed by atoms with Gasteiger partial charge in [0.25, 0.3) is 0 Å². The summed E-state index contributed by atoms with van der Waals surface area (Å²) >= 11 is 5.72. The van der Waals surface area contributed by atoms with Gasteiger partial charge >= 0.3 is 0 Å². The first-order valence-corrected chi connectivity index (χ1v) is 8.88. The fourth-order valence-corrected chi connectivity index (χ4v) is 2.57. The molecule has 9 heteroatoms. The number of thioether (sulfide) groups is 1. The summed E-state index contributed by atoms with van der Waals surface area (Å²) < 4.78 is 5.42. The van der Waals surface area contributed by atoms with E-state index in [0.717, 1.165) is 37.2 Å². The second-order valence-electron chi connectivity index (χ2n) is 4.83. The first kappa shape index (κ1) is 23.2. The fraction of sp³-hybridized carbons (Fsp3) is 0.467. The van der Waals surface area contributed by atoms with Crippen molar-refractivity contribution >= 4 is 69.6 Å². The summed E-state index contributed by atoms with van der Waals surface area (Å²) in [7, 11) is 1.81. The van der Waals surface area contributed by atoms with Gasteiger partial charge in [0, 0.05) is 20.1 Å². The minimum atomic E-state index is 0. The molecule has 1 aliphatic heterocycles. The number of nitrogens with two attached hydrogens (primary N) is 2. The smallest absolute Gasteiger partial charge is 0.160 e. The Hall–Kier alpha value is -0.780. The molecule has 0 aromatic heterocycles. The number of ether oxygens (including phenoxy) is 1. The Morgan fingerprint density at radius 2 is 1.92 bits per heavy atom. The molecule has 0 aliphatic carbocycles. The summed E-state index contributed by atoms with van der Waals surface area (Å²) in [4.78, 5) is 6.62. The zero-order valence-corrected chi connectivity index (χ0v) is 18.2. The number of nitrogens with one attached hydrogen (secondary N) is 1. The third-order valence-electron chi connectivity index (χ3n) is 3.23. The molecule has 5 N–H and O–H groups in total. The van der Waals surface area contributed by atoms with Crippen molar-refractivity contribution in [3.63, 3.8) is 0 Å². The Bertz CT molecular complexity index is 547. The normalized spacial score (nSPS) is 14.1. The lowest BCUT2D eigenvalue weighted by Gasteiger charge is -2.31. The topological polar surface area (TPSA) is 88.9 Å². The summed E-state index contributed by atoms with van der Waals surface area (Å²) in [6, 6.07) is 6.39. The molecule has 0 unspecified atom stereocenters. The highest BCUT2D eigenvalue weighted by molar-refractivity contribution is 14.0. The zero-order chi connectivity index (χ0) is 17.2. The highest BCUT2D eigenvalue weighted by Crippen LogP contribution is 2.30. The molecule has 1 fully saturated rings. The molecule has 1 aromatic rings. The second-order valence-corrected chi connectivity index (χ2v) is 6.10. The Kier molecular flexibility index (Phi) is 12.2. The van der Waals surface area contributed by atoms with Crippen molar-refractivity contribution in [2.24, 2.45) is 16.5 Å². The Morgan fingerprint density at radius 1 is 1.33 bits per heavy atom. The standard InChI is InChI=1S/C14H21N3OS.CH4N2S.HI/c1-11-5-4-6-12(17-7-9-18-10-8-17)13(11)16-14(15-2)19-3;2-1(3)4;/h4-6H,7-10H2,1-3H3,(H,15,16);(H4,2,3,4);1H. The van der Waals surface area contributed by atoms with Gasteiger partial charge in [0.05, 0.1) is 24.6 Å². The number of para-hydroxylation sites is 1. The number of halogens is 1. The van der Waals surface area contributed by atoms with Crippen molar-refractivity contribution in [1.29, 1.82) is 0 Å². The minimum absolute atomic E-state index is 0. The van der Waals surface area contributed by atoms with Crippen LogP contribution in [-0.2, 0) is 4.74 Å². The van der Waals surface area contributed by atoms with Gasteiger partial charge in [-0.2, -0.15) is 0 Å². The molecule has 1 aromatic carbocycles. The van der Waals surface area contributed by atoms with Crippen LogP contribution in [0.25, 0.3) is 0 Å². The highest BCUT2D eigenvalue weighted by Gasteiger charge is 2.16. The van der Waals surface area contributed by atoms with E-state index in [1.165, 1.54) is 11.3 Å². The number of benzene rings is 1. The molecule has 0 amide bonds. The second kappa shape index (κ2) is 12.6. The van der Waals surface area contributed by atoms with Gasteiger partial charge in [-0.25, -0.2) is 0 Å². The maximum atomic E-state index is 5.42. The molecule has 1 heterocycles. The number of aliphatic imine (C=N–C) groups is 1. The van der Waals surface area contributed by atoms with Crippen LogP contribution in [0.15, 0.2) is 23.2 Å². The van der Waals surface area contributed by atoms with Gasteiger partial charge < -0.3 is 26.4 Å². The van der Waals surface area contributed by atoms with Crippen molar-refractivity contribution in [2.45, 2.75) is 6.92 Å². The van der Waals surface area contributed by atoms with Crippen LogP contribution in [0.4, 0.5) is 11.4 Å². The third-order valence-corrected chi connectivity index (χ3v) is 3.90. The van der Waals surface area contributed by atoms with E-state index in [4.69, 9.17) is 4.74 Å². The first-order valence-electron chi connectivity index (χ1n) is 7.24. The lowest BCUT2D eigenvalue weighted by atomic mass is 10.1. The SMILES string of the molecule is CN=C(Nc1c(C)cccc1N1CCOCC1)SC.I.NC(N)=S. The van der Waals surface area contributed by atoms with Crippen molar-refractivity contribution in [2.75, 3.05) is 49.8 Å². The molecule has 0 bridgehead atoms. The van der Waals surface area contributed by atoms with E-state index < -0.39 is 0 Å². The van der Waals surface area contributed by atoms with Crippen LogP contribution in [0.1, 0.15) is 5.56 Å². The number of rotatable bonds is 2. The zero-order valence-electron chi connectivity index (χ0n) is 14.2. The molecule has 1 saturated heterocycles. The number of hydrogen-bond acceptors (Lipinski definition) is 5. The molecule has 0 radical (unpaired) electrons. The average molecular weight is 483 g/mol. The highest BCUT2D eigenvalue weighted by atomic mass is 127. The third kappa shape index (κ3) is 7.86. The summed E-state index contributed by atoms with van der Waals surface area (Å²) in [5.41, 5.74) is 12.9. The minimum Gasteiger partial charge on any atom is -0.378 e. The van der Waals surface area contributed by atoms with E-state index in [1.54, 1.807) is 11.8 Å². The van der Waals surface area contributed by atoms with E-state index in [2.05, 4.69) is 64.0 Å². The molecule has 24 heavy (non-hydrogen) atoms. The number of aryl methyl sites for hydroxylation is 1. The van der Waals surface area contributed by atoms with Gasteiger partial charge in [-0.1, -0.05) is 23.9 Å². The summed E-state index contributed by atoms with van der Waals surface area (Å²) in [5, 5.41) is 4.38. The quantitative estimate of drug-likeness (QED) is 0.258. The van der Waals surface area contributed by atoms with Crippen LogP contribution in [0.3, 0.4) is 0 Å². The first-order chi connectivity index (χ1) is 11.0. The Morgan fingerprint density at radius 3 is 2.42 bits per heavy atom. The lowest BCUT2D eigenvalue weighted by molar-refractivity contribution is 0.123. The number of amidine groups is 1.